The van der Waals surface area contributed by atoms with Crippen LogP contribution in [-0.2, 0) is 19.1 Å². The SMILES string of the molecule is CCCCN1CCOc2ccccc2C(=O)N[C@H](C(=O)NC2CCCOC2)CC(=O)N[C@@H](CC(C)C)C1=O. The standard InChI is InChI=1S/C28H42N4O6/c1-4-5-12-32-13-15-38-24-11-7-6-10-21(24)26(34)31-22(27(35)29-20-9-8-14-37-18-20)17-25(33)30-23(28(32)36)16-19(2)3/h6-7,10-11,19-20,22-23H,4-5,8-9,12-18H2,1-3H3,(H,29,35)(H,30,33)(H,31,34)/t20?,22-,23-/m0/s1. The largest absolute Gasteiger partial charge is 0.491 e. The molecule has 1 aromatic rings. The van der Waals surface area contributed by atoms with Crippen LogP contribution in [0.1, 0.15) is 69.7 Å². The molecule has 1 aromatic carbocycles. The third kappa shape index (κ3) is 8.72. The van der Waals surface area contributed by atoms with Crippen molar-refractivity contribution in [2.24, 2.45) is 5.92 Å². The molecule has 0 aliphatic carbocycles. The molecular formula is C28H42N4O6. The average molecular weight is 531 g/mol. The summed E-state index contributed by atoms with van der Waals surface area (Å²) in [5, 5.41) is 8.48. The van der Waals surface area contributed by atoms with Crippen molar-refractivity contribution in [3.05, 3.63) is 29.8 Å². The van der Waals surface area contributed by atoms with Gasteiger partial charge in [0.05, 0.1) is 31.2 Å². The van der Waals surface area contributed by atoms with Gasteiger partial charge in [-0.25, -0.2) is 0 Å². The van der Waals surface area contributed by atoms with Crippen LogP contribution in [0, 0.1) is 5.92 Å². The summed E-state index contributed by atoms with van der Waals surface area (Å²) in [7, 11) is 0. The second-order valence-corrected chi connectivity index (χ2v) is 10.4. The lowest BCUT2D eigenvalue weighted by molar-refractivity contribution is -0.137. The molecule has 3 atom stereocenters. The number of amides is 4. The Labute approximate surface area is 225 Å². The van der Waals surface area contributed by atoms with Crippen LogP contribution in [0.5, 0.6) is 5.75 Å². The number of carbonyl (C=O) groups excluding carboxylic acids is 4. The van der Waals surface area contributed by atoms with E-state index in [0.29, 0.717) is 38.5 Å². The molecule has 0 radical (unpaired) electrons. The van der Waals surface area contributed by atoms with E-state index in [-0.39, 0.29) is 36.5 Å². The number of carbonyl (C=O) groups is 4. The average Bonchev–Trinajstić information content (AvgIpc) is 2.89. The maximum atomic E-state index is 13.6. The highest BCUT2D eigenvalue weighted by molar-refractivity contribution is 6.01. The summed E-state index contributed by atoms with van der Waals surface area (Å²) >= 11 is 0. The molecule has 1 saturated heterocycles. The number of para-hydroxylation sites is 1. The van der Waals surface area contributed by atoms with Gasteiger partial charge in [-0.05, 0) is 43.7 Å². The van der Waals surface area contributed by atoms with Gasteiger partial charge in [-0.3, -0.25) is 19.2 Å². The van der Waals surface area contributed by atoms with Crippen molar-refractivity contribution in [1.29, 1.82) is 0 Å². The number of fused-ring (bicyclic) bond motifs is 1. The van der Waals surface area contributed by atoms with E-state index in [1.165, 1.54) is 0 Å². The van der Waals surface area contributed by atoms with Crippen molar-refractivity contribution < 1.29 is 28.7 Å². The van der Waals surface area contributed by atoms with Crippen LogP contribution in [0.3, 0.4) is 0 Å². The number of ether oxygens (including phenoxy) is 2. The highest BCUT2D eigenvalue weighted by Crippen LogP contribution is 2.19. The molecule has 0 saturated carbocycles. The summed E-state index contributed by atoms with van der Waals surface area (Å²) in [6, 6.07) is 4.70. The normalized spacial score (nSPS) is 23.5. The van der Waals surface area contributed by atoms with Crippen LogP contribution < -0.4 is 20.7 Å². The summed E-state index contributed by atoms with van der Waals surface area (Å²) in [5.74, 6) is -1.11. The molecule has 4 amide bonds. The van der Waals surface area contributed by atoms with E-state index in [9.17, 15) is 19.2 Å². The van der Waals surface area contributed by atoms with Crippen LogP contribution >= 0.6 is 0 Å². The maximum Gasteiger partial charge on any atom is 0.255 e. The minimum Gasteiger partial charge on any atom is -0.491 e. The molecular weight excluding hydrogens is 488 g/mol. The van der Waals surface area contributed by atoms with E-state index in [1.807, 2.05) is 13.8 Å². The van der Waals surface area contributed by atoms with Gasteiger partial charge < -0.3 is 30.3 Å². The first-order valence-electron chi connectivity index (χ1n) is 13.8. The summed E-state index contributed by atoms with van der Waals surface area (Å²) in [4.78, 5) is 55.0. The first-order valence-corrected chi connectivity index (χ1v) is 13.8. The number of hydrogen-bond acceptors (Lipinski definition) is 6. The molecule has 1 fully saturated rings. The fraction of sp³-hybridized carbons (Fsp3) is 0.643. The molecule has 210 valence electrons. The monoisotopic (exact) mass is 530 g/mol. The van der Waals surface area contributed by atoms with Crippen molar-refractivity contribution in [3.8, 4) is 5.75 Å². The van der Waals surface area contributed by atoms with E-state index in [0.717, 1.165) is 25.7 Å². The van der Waals surface area contributed by atoms with Crippen molar-refractivity contribution in [2.45, 2.75) is 77.4 Å². The van der Waals surface area contributed by atoms with Crippen LogP contribution in [0.15, 0.2) is 24.3 Å². The van der Waals surface area contributed by atoms with Crippen molar-refractivity contribution >= 4 is 23.6 Å². The van der Waals surface area contributed by atoms with Gasteiger partial charge in [0.2, 0.25) is 17.7 Å². The number of nitrogens with zero attached hydrogens (tertiary/aromatic N) is 1. The zero-order valence-electron chi connectivity index (χ0n) is 22.8. The van der Waals surface area contributed by atoms with Crippen LogP contribution in [0.4, 0.5) is 0 Å². The second kappa shape index (κ2) is 14.7. The molecule has 2 aliphatic rings. The molecule has 38 heavy (non-hydrogen) atoms. The lowest BCUT2D eigenvalue weighted by Crippen LogP contribution is -2.55. The van der Waals surface area contributed by atoms with Crippen LogP contribution in [0.2, 0.25) is 0 Å². The van der Waals surface area contributed by atoms with Crippen molar-refractivity contribution in [2.75, 3.05) is 32.9 Å². The van der Waals surface area contributed by atoms with Gasteiger partial charge in [0.1, 0.15) is 24.4 Å². The van der Waals surface area contributed by atoms with E-state index in [4.69, 9.17) is 9.47 Å². The van der Waals surface area contributed by atoms with E-state index >= 15 is 0 Å². The fourth-order valence-electron chi connectivity index (χ4n) is 4.68. The fourth-order valence-corrected chi connectivity index (χ4v) is 4.68. The minimum absolute atomic E-state index is 0.157. The van der Waals surface area contributed by atoms with Gasteiger partial charge in [0, 0.05) is 13.2 Å². The summed E-state index contributed by atoms with van der Waals surface area (Å²) < 4.78 is 11.4. The maximum absolute atomic E-state index is 13.6. The van der Waals surface area contributed by atoms with E-state index in [2.05, 4.69) is 22.9 Å². The summed E-state index contributed by atoms with van der Waals surface area (Å²) in [6.07, 6.45) is 3.47. The summed E-state index contributed by atoms with van der Waals surface area (Å²) in [5.41, 5.74) is 0.257. The number of nitrogens with one attached hydrogen (secondary N) is 3. The number of unbranched alkanes of at least 4 members (excludes halogenated alkanes) is 1. The van der Waals surface area contributed by atoms with Crippen LogP contribution in [-0.4, -0.2) is 79.6 Å². The lowest BCUT2D eigenvalue weighted by atomic mass is 10.0. The van der Waals surface area contributed by atoms with E-state index < -0.39 is 29.8 Å². The topological polar surface area (TPSA) is 126 Å². The highest BCUT2D eigenvalue weighted by atomic mass is 16.5. The van der Waals surface area contributed by atoms with Gasteiger partial charge in [0.25, 0.3) is 5.91 Å². The van der Waals surface area contributed by atoms with Gasteiger partial charge in [-0.2, -0.15) is 0 Å². The van der Waals surface area contributed by atoms with Crippen molar-refractivity contribution in [3.63, 3.8) is 0 Å². The Hall–Kier alpha value is -3.14. The Morgan fingerprint density at radius 3 is 2.66 bits per heavy atom. The van der Waals surface area contributed by atoms with Crippen molar-refractivity contribution in [1.82, 2.24) is 20.9 Å². The molecule has 3 N–H and O–H groups in total. The molecule has 0 spiro atoms. The molecule has 0 aromatic heterocycles. The second-order valence-electron chi connectivity index (χ2n) is 10.4. The number of hydrogen-bond donors (Lipinski definition) is 3. The molecule has 10 heteroatoms. The predicted octanol–water partition coefficient (Wildman–Crippen LogP) is 2.02. The molecule has 0 bridgehead atoms. The zero-order chi connectivity index (χ0) is 27.5. The zero-order valence-corrected chi connectivity index (χ0v) is 22.8. The molecule has 1 unspecified atom stereocenters. The Kier molecular flexibility index (Phi) is 11.4. The third-order valence-corrected chi connectivity index (χ3v) is 6.70. The summed E-state index contributed by atoms with van der Waals surface area (Å²) in [6.45, 7) is 8.12. The Bertz CT molecular complexity index is 962. The first-order chi connectivity index (χ1) is 18.3. The van der Waals surface area contributed by atoms with Gasteiger partial charge in [-0.15, -0.1) is 0 Å². The molecule has 2 aliphatic heterocycles. The van der Waals surface area contributed by atoms with E-state index in [1.54, 1.807) is 29.2 Å². The van der Waals surface area contributed by atoms with Crippen LogP contribution in [0.25, 0.3) is 0 Å². The van der Waals surface area contributed by atoms with Gasteiger partial charge in [-0.1, -0.05) is 39.3 Å². The number of benzene rings is 1. The molecule has 2 heterocycles. The van der Waals surface area contributed by atoms with Gasteiger partial charge in [0.15, 0.2) is 0 Å². The Balaban J connectivity index is 1.90. The third-order valence-electron chi connectivity index (χ3n) is 6.70. The lowest BCUT2D eigenvalue weighted by Gasteiger charge is -2.30. The quantitative estimate of drug-likeness (QED) is 0.495. The van der Waals surface area contributed by atoms with Gasteiger partial charge >= 0.3 is 0 Å². The molecule has 10 nitrogen and oxygen atoms in total. The smallest absolute Gasteiger partial charge is 0.255 e. The Morgan fingerprint density at radius 2 is 1.95 bits per heavy atom. The predicted molar refractivity (Wildman–Crippen MR) is 143 cm³/mol. The number of rotatable bonds is 7. The first kappa shape index (κ1) is 29.4. The Morgan fingerprint density at radius 1 is 1.16 bits per heavy atom. The minimum atomic E-state index is -1.13. The molecule has 3 rings (SSSR count). The highest BCUT2D eigenvalue weighted by Gasteiger charge is 2.32.